The molecule has 0 spiro atoms. The third-order valence-corrected chi connectivity index (χ3v) is 4.72. The van der Waals surface area contributed by atoms with Crippen molar-refractivity contribution in [1.82, 2.24) is 4.90 Å². The first kappa shape index (κ1) is 13.9. The van der Waals surface area contributed by atoms with Gasteiger partial charge in [0.1, 0.15) is 0 Å². The van der Waals surface area contributed by atoms with Crippen LogP contribution in [0.25, 0.3) is 0 Å². The van der Waals surface area contributed by atoms with Crippen LogP contribution in [0.5, 0.6) is 0 Å². The van der Waals surface area contributed by atoms with Crippen molar-refractivity contribution < 1.29 is 4.79 Å². The number of anilines is 2. The topological polar surface area (TPSA) is 49.6 Å². The Kier molecular flexibility index (Phi) is 3.84. The maximum atomic E-state index is 12.3. The lowest BCUT2D eigenvalue weighted by Crippen LogP contribution is -2.48. The highest BCUT2D eigenvalue weighted by Crippen LogP contribution is 2.24. The molecule has 110 valence electrons. The maximum Gasteiger partial charge on any atom is 0.264 e. The highest BCUT2D eigenvalue weighted by Gasteiger charge is 2.23. The zero-order valence-electron chi connectivity index (χ0n) is 12.1. The number of carbonyl (C=O) groups is 1. The number of carbonyl (C=O) groups excluding carboxylic acids is 1. The van der Waals surface area contributed by atoms with Crippen LogP contribution >= 0.6 is 11.3 Å². The Morgan fingerprint density at radius 3 is 2.57 bits per heavy atom. The molecule has 0 bridgehead atoms. The van der Waals surface area contributed by atoms with Gasteiger partial charge in [0.15, 0.2) is 0 Å². The normalized spacial score (nSPS) is 15.3. The van der Waals surface area contributed by atoms with Crippen LogP contribution in [0.1, 0.15) is 15.2 Å². The van der Waals surface area contributed by atoms with Crippen molar-refractivity contribution in [2.45, 2.75) is 6.92 Å². The van der Waals surface area contributed by atoms with E-state index >= 15 is 0 Å². The number of amides is 1. The molecule has 4 nitrogen and oxygen atoms in total. The number of nitrogens with two attached hydrogens (primary N) is 1. The summed E-state index contributed by atoms with van der Waals surface area (Å²) in [6, 6.07) is 9.82. The van der Waals surface area contributed by atoms with E-state index in [-0.39, 0.29) is 5.91 Å². The summed E-state index contributed by atoms with van der Waals surface area (Å²) in [6.45, 7) is 5.33. The predicted molar refractivity (Wildman–Crippen MR) is 88.0 cm³/mol. The van der Waals surface area contributed by atoms with E-state index in [2.05, 4.69) is 17.9 Å². The van der Waals surface area contributed by atoms with E-state index in [1.165, 1.54) is 22.6 Å². The molecular weight excluding hydrogens is 282 g/mol. The van der Waals surface area contributed by atoms with Crippen molar-refractivity contribution >= 4 is 28.6 Å². The fourth-order valence-electron chi connectivity index (χ4n) is 2.74. The molecule has 2 heterocycles. The van der Waals surface area contributed by atoms with Crippen LogP contribution in [0.2, 0.25) is 0 Å². The van der Waals surface area contributed by atoms with Crippen LogP contribution < -0.4 is 10.6 Å². The number of rotatable bonds is 2. The van der Waals surface area contributed by atoms with Gasteiger partial charge in [-0.15, -0.1) is 11.3 Å². The molecule has 0 unspecified atom stereocenters. The number of benzene rings is 1. The lowest BCUT2D eigenvalue weighted by molar-refractivity contribution is 0.0751. The van der Waals surface area contributed by atoms with Gasteiger partial charge in [-0.1, -0.05) is 6.07 Å². The Labute approximate surface area is 128 Å². The summed E-state index contributed by atoms with van der Waals surface area (Å²) in [4.78, 5) is 17.4. The largest absolute Gasteiger partial charge is 0.399 e. The summed E-state index contributed by atoms with van der Waals surface area (Å²) >= 11 is 1.51. The first-order chi connectivity index (χ1) is 10.1. The minimum atomic E-state index is 0.152. The summed E-state index contributed by atoms with van der Waals surface area (Å²) in [5, 5.41) is 1.95. The minimum Gasteiger partial charge on any atom is -0.399 e. The molecule has 1 amide bonds. The molecule has 1 fully saturated rings. The van der Waals surface area contributed by atoms with Crippen LogP contribution in [0.3, 0.4) is 0 Å². The van der Waals surface area contributed by atoms with Gasteiger partial charge in [-0.2, -0.15) is 0 Å². The van der Waals surface area contributed by atoms with E-state index in [0.29, 0.717) is 0 Å². The zero-order chi connectivity index (χ0) is 14.8. The molecule has 0 atom stereocenters. The number of nitrogen functional groups attached to an aromatic ring is 1. The third-order valence-electron chi connectivity index (χ3n) is 3.86. The molecule has 3 rings (SSSR count). The molecule has 5 heteroatoms. The van der Waals surface area contributed by atoms with E-state index in [1.807, 2.05) is 34.5 Å². The molecule has 0 aliphatic carbocycles. The van der Waals surface area contributed by atoms with Crippen LogP contribution in [0.15, 0.2) is 35.7 Å². The highest BCUT2D eigenvalue weighted by molar-refractivity contribution is 7.12. The number of hydrogen-bond acceptors (Lipinski definition) is 4. The molecule has 0 saturated carbocycles. The van der Waals surface area contributed by atoms with Gasteiger partial charge in [0, 0.05) is 37.6 Å². The van der Waals surface area contributed by atoms with Gasteiger partial charge in [-0.3, -0.25) is 4.79 Å². The number of nitrogens with zero attached hydrogens (tertiary/aromatic N) is 2. The van der Waals surface area contributed by atoms with Gasteiger partial charge >= 0.3 is 0 Å². The van der Waals surface area contributed by atoms with E-state index < -0.39 is 0 Å². The van der Waals surface area contributed by atoms with Crippen molar-refractivity contribution in [1.29, 1.82) is 0 Å². The second-order valence-electron chi connectivity index (χ2n) is 5.30. The number of piperazine rings is 1. The lowest BCUT2D eigenvalue weighted by atomic mass is 10.1. The molecular formula is C16H19N3OS. The smallest absolute Gasteiger partial charge is 0.264 e. The molecule has 2 aromatic rings. The SMILES string of the molecule is Cc1cc(N)ccc1N1CCN(C(=O)c2cccs2)CC1. The second-order valence-corrected chi connectivity index (χ2v) is 6.25. The van der Waals surface area contributed by atoms with Crippen LogP contribution in [0, 0.1) is 6.92 Å². The molecule has 1 aliphatic heterocycles. The van der Waals surface area contributed by atoms with Gasteiger partial charge < -0.3 is 15.5 Å². The molecule has 1 aliphatic rings. The third kappa shape index (κ3) is 2.88. The first-order valence-corrected chi connectivity index (χ1v) is 7.97. The van der Waals surface area contributed by atoms with Crippen molar-refractivity contribution in [3.05, 3.63) is 46.2 Å². The van der Waals surface area contributed by atoms with E-state index in [4.69, 9.17) is 5.73 Å². The number of aryl methyl sites for hydroxylation is 1. The summed E-state index contributed by atoms with van der Waals surface area (Å²) in [5.41, 5.74) is 9.00. The van der Waals surface area contributed by atoms with Crippen LogP contribution in [-0.4, -0.2) is 37.0 Å². The van der Waals surface area contributed by atoms with Crippen molar-refractivity contribution in [2.24, 2.45) is 0 Å². The highest BCUT2D eigenvalue weighted by atomic mass is 32.1. The second kappa shape index (κ2) is 5.77. The van der Waals surface area contributed by atoms with E-state index in [1.54, 1.807) is 0 Å². The minimum absolute atomic E-state index is 0.152. The van der Waals surface area contributed by atoms with Crippen molar-refractivity contribution in [2.75, 3.05) is 36.8 Å². The van der Waals surface area contributed by atoms with E-state index in [0.717, 1.165) is 36.7 Å². The Bertz CT molecular complexity index is 631. The van der Waals surface area contributed by atoms with Crippen molar-refractivity contribution in [3.8, 4) is 0 Å². The lowest BCUT2D eigenvalue weighted by Gasteiger charge is -2.36. The Morgan fingerprint density at radius 1 is 1.19 bits per heavy atom. The monoisotopic (exact) mass is 301 g/mol. The number of thiophene rings is 1. The Hall–Kier alpha value is -2.01. The van der Waals surface area contributed by atoms with Crippen LogP contribution in [-0.2, 0) is 0 Å². The van der Waals surface area contributed by atoms with Crippen LogP contribution in [0.4, 0.5) is 11.4 Å². The van der Waals surface area contributed by atoms with Gasteiger partial charge in [-0.05, 0) is 42.1 Å². The Morgan fingerprint density at radius 2 is 1.95 bits per heavy atom. The zero-order valence-corrected chi connectivity index (χ0v) is 12.9. The fraction of sp³-hybridized carbons (Fsp3) is 0.312. The quantitative estimate of drug-likeness (QED) is 0.868. The average Bonchev–Trinajstić information content (AvgIpc) is 3.01. The average molecular weight is 301 g/mol. The van der Waals surface area contributed by atoms with Gasteiger partial charge in [0.2, 0.25) is 0 Å². The van der Waals surface area contributed by atoms with Gasteiger partial charge in [-0.25, -0.2) is 0 Å². The summed E-state index contributed by atoms with van der Waals surface area (Å²) in [5.74, 6) is 0.152. The summed E-state index contributed by atoms with van der Waals surface area (Å²) < 4.78 is 0. The molecule has 0 radical (unpaired) electrons. The molecule has 1 saturated heterocycles. The molecule has 21 heavy (non-hydrogen) atoms. The van der Waals surface area contributed by atoms with Gasteiger partial charge in [0.25, 0.3) is 5.91 Å². The summed E-state index contributed by atoms with van der Waals surface area (Å²) in [7, 11) is 0. The Balaban J connectivity index is 1.66. The molecule has 2 N–H and O–H groups in total. The van der Waals surface area contributed by atoms with E-state index in [9.17, 15) is 4.79 Å². The van der Waals surface area contributed by atoms with Gasteiger partial charge in [0.05, 0.1) is 4.88 Å². The predicted octanol–water partition coefficient (Wildman–Crippen LogP) is 2.60. The van der Waals surface area contributed by atoms with Crippen molar-refractivity contribution in [3.63, 3.8) is 0 Å². The number of hydrogen-bond donors (Lipinski definition) is 1. The molecule has 1 aromatic carbocycles. The first-order valence-electron chi connectivity index (χ1n) is 7.09. The maximum absolute atomic E-state index is 12.3. The fourth-order valence-corrected chi connectivity index (χ4v) is 3.43. The standard InChI is InChI=1S/C16H19N3OS/c1-12-11-13(17)4-5-14(12)18-6-8-19(9-7-18)16(20)15-3-2-10-21-15/h2-5,10-11H,6-9,17H2,1H3. The summed E-state index contributed by atoms with van der Waals surface area (Å²) in [6.07, 6.45) is 0. The molecule has 1 aromatic heterocycles.